The van der Waals surface area contributed by atoms with E-state index in [1.54, 1.807) is 0 Å². The molecule has 0 saturated heterocycles. The van der Waals surface area contributed by atoms with Gasteiger partial charge in [0.25, 0.3) is 0 Å². The van der Waals surface area contributed by atoms with E-state index < -0.39 is 8.07 Å². The van der Waals surface area contributed by atoms with Gasteiger partial charge in [-0.25, -0.2) is 0 Å². The average molecular weight is 142 g/mol. The Morgan fingerprint density at radius 1 is 1.22 bits per heavy atom. The van der Waals surface area contributed by atoms with Crippen molar-refractivity contribution in [3.05, 3.63) is 0 Å². The van der Waals surface area contributed by atoms with Gasteiger partial charge in [-0.2, -0.15) is 0 Å². The van der Waals surface area contributed by atoms with Crippen molar-refractivity contribution in [2.45, 2.75) is 45.5 Å². The Morgan fingerprint density at radius 2 is 1.56 bits per heavy atom. The van der Waals surface area contributed by atoms with Crippen molar-refractivity contribution < 1.29 is 0 Å². The second-order valence-electron chi connectivity index (χ2n) is 5.11. The highest BCUT2D eigenvalue weighted by atomic mass is 28.3. The predicted molar refractivity (Wildman–Crippen MR) is 45.5 cm³/mol. The summed E-state index contributed by atoms with van der Waals surface area (Å²) >= 11 is 0. The van der Waals surface area contributed by atoms with Gasteiger partial charge in [-0.15, -0.1) is 0 Å². The SMILES string of the molecule is CC1(C)CC1[Si](C)(C)C. The van der Waals surface area contributed by atoms with Crippen LogP contribution in [0.5, 0.6) is 0 Å². The molecule has 1 saturated carbocycles. The Morgan fingerprint density at radius 3 is 1.56 bits per heavy atom. The monoisotopic (exact) mass is 142 g/mol. The molecule has 54 valence electrons. The first-order valence-corrected chi connectivity index (χ1v) is 7.42. The Labute approximate surface area is 59.7 Å². The first-order chi connectivity index (χ1) is 3.84. The molecule has 0 aromatic rings. The van der Waals surface area contributed by atoms with Gasteiger partial charge in [0, 0.05) is 8.07 Å². The molecule has 9 heavy (non-hydrogen) atoms. The number of hydrogen-bond acceptors (Lipinski definition) is 0. The maximum atomic E-state index is 2.48. The highest BCUT2D eigenvalue weighted by molar-refractivity contribution is 6.78. The summed E-state index contributed by atoms with van der Waals surface area (Å²) in [6, 6.07) is 0. The third-order valence-electron chi connectivity index (χ3n) is 2.56. The van der Waals surface area contributed by atoms with Crippen LogP contribution in [0.15, 0.2) is 0 Å². The summed E-state index contributed by atoms with van der Waals surface area (Å²) in [6.45, 7) is 12.2. The first kappa shape index (κ1) is 7.33. The summed E-state index contributed by atoms with van der Waals surface area (Å²) in [5, 5.41) is 0. The number of rotatable bonds is 1. The quantitative estimate of drug-likeness (QED) is 0.493. The molecule has 0 N–H and O–H groups in total. The topological polar surface area (TPSA) is 0 Å². The molecule has 1 aliphatic carbocycles. The minimum Gasteiger partial charge on any atom is -0.0693 e. The van der Waals surface area contributed by atoms with E-state index >= 15 is 0 Å². The summed E-state index contributed by atoms with van der Waals surface area (Å²) < 4.78 is 0. The van der Waals surface area contributed by atoms with Crippen LogP contribution >= 0.6 is 0 Å². The lowest BCUT2D eigenvalue weighted by Gasteiger charge is -2.17. The summed E-state index contributed by atoms with van der Waals surface area (Å²) in [6.07, 6.45) is 1.49. The zero-order valence-corrected chi connectivity index (χ0v) is 8.28. The molecule has 0 aromatic heterocycles. The molecule has 1 aliphatic rings. The summed E-state index contributed by atoms with van der Waals surface area (Å²) in [5.41, 5.74) is 1.81. The van der Waals surface area contributed by atoms with Crippen LogP contribution in [0.1, 0.15) is 20.3 Å². The van der Waals surface area contributed by atoms with Crippen molar-refractivity contribution in [3.8, 4) is 0 Å². The van der Waals surface area contributed by atoms with Crippen LogP contribution in [0.3, 0.4) is 0 Å². The van der Waals surface area contributed by atoms with E-state index in [0.29, 0.717) is 5.41 Å². The molecule has 0 aromatic carbocycles. The fourth-order valence-corrected chi connectivity index (χ4v) is 5.43. The van der Waals surface area contributed by atoms with Crippen molar-refractivity contribution in [2.75, 3.05) is 0 Å². The summed E-state index contributed by atoms with van der Waals surface area (Å²) in [7, 11) is -0.759. The third kappa shape index (κ3) is 1.37. The molecule has 1 unspecified atom stereocenters. The summed E-state index contributed by atoms with van der Waals surface area (Å²) in [4.78, 5) is 0. The number of hydrogen-bond donors (Lipinski definition) is 0. The molecule has 1 atom stereocenters. The largest absolute Gasteiger partial charge is 0.0693 e. The van der Waals surface area contributed by atoms with Crippen LogP contribution < -0.4 is 0 Å². The molecular formula is C8H18Si. The van der Waals surface area contributed by atoms with Gasteiger partial charge < -0.3 is 0 Å². The zero-order valence-electron chi connectivity index (χ0n) is 7.28. The highest BCUT2D eigenvalue weighted by Gasteiger charge is 2.52. The lowest BCUT2D eigenvalue weighted by molar-refractivity contribution is 0.647. The van der Waals surface area contributed by atoms with Crippen LogP contribution in [0, 0.1) is 5.41 Å². The molecular weight excluding hydrogens is 124 g/mol. The van der Waals surface area contributed by atoms with Gasteiger partial charge in [-0.05, 0) is 17.4 Å². The van der Waals surface area contributed by atoms with E-state index in [1.807, 2.05) is 0 Å². The van der Waals surface area contributed by atoms with Gasteiger partial charge in [0.1, 0.15) is 0 Å². The maximum absolute atomic E-state index is 2.48. The van der Waals surface area contributed by atoms with Crippen LogP contribution in [-0.4, -0.2) is 8.07 Å². The van der Waals surface area contributed by atoms with Crippen molar-refractivity contribution in [1.29, 1.82) is 0 Å². The molecule has 0 heterocycles. The lowest BCUT2D eigenvalue weighted by Crippen LogP contribution is -2.22. The Balaban J connectivity index is 2.52. The molecule has 1 heteroatoms. The third-order valence-corrected chi connectivity index (χ3v) is 5.64. The van der Waals surface area contributed by atoms with Crippen LogP contribution in [0.4, 0.5) is 0 Å². The minimum atomic E-state index is -0.759. The fraction of sp³-hybridized carbons (Fsp3) is 1.00. The summed E-state index contributed by atoms with van der Waals surface area (Å²) in [5.74, 6) is 0. The zero-order chi connectivity index (χ0) is 7.28. The molecule has 0 amide bonds. The average Bonchev–Trinajstić information content (AvgIpc) is 2.10. The normalized spacial score (nSPS) is 32.3. The van der Waals surface area contributed by atoms with E-state index in [2.05, 4.69) is 33.5 Å². The van der Waals surface area contributed by atoms with Crippen molar-refractivity contribution >= 4 is 8.07 Å². The lowest BCUT2D eigenvalue weighted by atomic mass is 10.2. The van der Waals surface area contributed by atoms with E-state index in [1.165, 1.54) is 6.42 Å². The molecule has 1 fully saturated rings. The van der Waals surface area contributed by atoms with Crippen LogP contribution in [-0.2, 0) is 0 Å². The van der Waals surface area contributed by atoms with Gasteiger partial charge in [0.05, 0.1) is 0 Å². The second kappa shape index (κ2) is 1.63. The van der Waals surface area contributed by atoms with Gasteiger partial charge in [-0.1, -0.05) is 33.5 Å². The van der Waals surface area contributed by atoms with Gasteiger partial charge in [0.2, 0.25) is 0 Å². The first-order valence-electron chi connectivity index (χ1n) is 3.84. The van der Waals surface area contributed by atoms with Crippen molar-refractivity contribution in [3.63, 3.8) is 0 Å². The fourth-order valence-electron chi connectivity index (χ4n) is 1.95. The van der Waals surface area contributed by atoms with Gasteiger partial charge in [0.15, 0.2) is 0 Å². The predicted octanol–water partition coefficient (Wildman–Crippen LogP) is 3.12. The van der Waals surface area contributed by atoms with Crippen LogP contribution in [0.25, 0.3) is 0 Å². The minimum absolute atomic E-state index is 0.713. The van der Waals surface area contributed by atoms with Gasteiger partial charge >= 0.3 is 0 Å². The van der Waals surface area contributed by atoms with Gasteiger partial charge in [-0.3, -0.25) is 0 Å². The second-order valence-corrected chi connectivity index (χ2v) is 10.5. The maximum Gasteiger partial charge on any atom is 0.0479 e. The van der Waals surface area contributed by atoms with Crippen molar-refractivity contribution in [1.82, 2.24) is 0 Å². The van der Waals surface area contributed by atoms with E-state index in [0.717, 1.165) is 5.54 Å². The molecule has 1 rings (SSSR count). The molecule has 0 spiro atoms. The van der Waals surface area contributed by atoms with Crippen molar-refractivity contribution in [2.24, 2.45) is 5.41 Å². The van der Waals surface area contributed by atoms with E-state index in [4.69, 9.17) is 0 Å². The molecule has 0 bridgehead atoms. The molecule has 0 aliphatic heterocycles. The standard InChI is InChI=1S/C8H18Si/c1-8(2)6-7(8)9(3,4)5/h7H,6H2,1-5H3. The molecule has 0 nitrogen and oxygen atoms in total. The van der Waals surface area contributed by atoms with E-state index in [-0.39, 0.29) is 0 Å². The Bertz CT molecular complexity index is 119. The Hall–Kier alpha value is 0.217. The van der Waals surface area contributed by atoms with E-state index in [9.17, 15) is 0 Å². The molecule has 0 radical (unpaired) electrons. The smallest absolute Gasteiger partial charge is 0.0479 e. The highest BCUT2D eigenvalue weighted by Crippen LogP contribution is 2.61. The Kier molecular flexibility index (Phi) is 1.32. The van der Waals surface area contributed by atoms with Crippen LogP contribution in [0.2, 0.25) is 25.2 Å².